The predicted molar refractivity (Wildman–Crippen MR) is 98.3 cm³/mol. The van der Waals surface area contributed by atoms with Gasteiger partial charge in [0, 0.05) is 11.1 Å². The van der Waals surface area contributed by atoms with Crippen LogP contribution in [0, 0.1) is 0 Å². The summed E-state index contributed by atoms with van der Waals surface area (Å²) < 4.78 is 0. The van der Waals surface area contributed by atoms with E-state index in [2.05, 4.69) is 44.0 Å². The smallest absolute Gasteiger partial charge is 0.173 e. The fourth-order valence-electron chi connectivity index (χ4n) is 3.80. The molecule has 0 fully saturated rings. The number of rotatable bonds is 4. The van der Waals surface area contributed by atoms with Gasteiger partial charge in [-0.25, -0.2) is 0 Å². The maximum absolute atomic E-state index is 12.1. The maximum Gasteiger partial charge on any atom is 0.173 e. The first kappa shape index (κ1) is 15.3. The highest BCUT2D eigenvalue weighted by Crippen LogP contribution is 2.45. The van der Waals surface area contributed by atoms with Crippen LogP contribution in [0.1, 0.15) is 43.0 Å². The van der Waals surface area contributed by atoms with Gasteiger partial charge < -0.3 is 0 Å². The van der Waals surface area contributed by atoms with E-state index in [1.54, 1.807) is 0 Å². The van der Waals surface area contributed by atoms with Gasteiger partial charge in [-0.2, -0.15) is 0 Å². The molecule has 0 saturated heterocycles. The number of hydrogen-bond acceptors (Lipinski definition) is 2. The van der Waals surface area contributed by atoms with Gasteiger partial charge in [0.1, 0.15) is 0 Å². The van der Waals surface area contributed by atoms with Crippen LogP contribution in [0.15, 0.2) is 24.3 Å². The van der Waals surface area contributed by atoms with E-state index in [1.165, 1.54) is 33.4 Å². The number of alkyl halides is 2. The molecule has 0 heterocycles. The van der Waals surface area contributed by atoms with Crippen LogP contribution in [0.2, 0.25) is 0 Å². The van der Waals surface area contributed by atoms with E-state index in [-0.39, 0.29) is 11.6 Å². The van der Waals surface area contributed by atoms with Gasteiger partial charge in [0.2, 0.25) is 0 Å². The van der Waals surface area contributed by atoms with Crippen molar-refractivity contribution in [2.75, 3.05) is 10.7 Å². The molecule has 23 heavy (non-hydrogen) atoms. The molecular weight excluding hydrogens is 420 g/mol. The van der Waals surface area contributed by atoms with E-state index in [0.717, 1.165) is 30.4 Å². The van der Waals surface area contributed by atoms with Crippen molar-refractivity contribution in [2.24, 2.45) is 0 Å². The molecule has 0 N–H and O–H groups in total. The number of benzene rings is 2. The van der Waals surface area contributed by atoms with E-state index < -0.39 is 0 Å². The van der Waals surface area contributed by atoms with E-state index in [9.17, 15) is 9.59 Å². The number of halogens is 2. The molecule has 0 amide bonds. The second-order valence-electron chi connectivity index (χ2n) is 6.13. The molecule has 0 atom stereocenters. The Labute approximate surface area is 151 Å². The Hall–Kier alpha value is -1.26. The Kier molecular flexibility index (Phi) is 3.77. The summed E-state index contributed by atoms with van der Waals surface area (Å²) in [5, 5.41) is 0.709. The van der Waals surface area contributed by atoms with Gasteiger partial charge in [0.25, 0.3) is 0 Å². The third kappa shape index (κ3) is 2.34. The van der Waals surface area contributed by atoms with Gasteiger partial charge in [-0.3, -0.25) is 9.59 Å². The monoisotopic (exact) mass is 432 g/mol. The lowest BCUT2D eigenvalue weighted by Gasteiger charge is -2.20. The number of hydrogen-bond donors (Lipinski definition) is 0. The normalized spacial score (nSPS) is 13.8. The SMILES string of the molecule is O=C(CBr)c1cc2c3c(c1)Cc1cc(C(=O)CBr)cc(c1-3)CC2. The van der Waals surface area contributed by atoms with Crippen molar-refractivity contribution in [1.29, 1.82) is 0 Å². The highest BCUT2D eigenvalue weighted by molar-refractivity contribution is 9.09. The summed E-state index contributed by atoms with van der Waals surface area (Å²) in [6.45, 7) is 0. The number of Topliss-reactive ketones (excluding diaryl/α,β-unsaturated/α-hetero) is 2. The summed E-state index contributed by atoms with van der Waals surface area (Å²) in [6.07, 6.45) is 2.69. The molecule has 0 spiro atoms. The van der Waals surface area contributed by atoms with Crippen LogP contribution in [-0.4, -0.2) is 22.2 Å². The lowest BCUT2D eigenvalue weighted by molar-refractivity contribution is 0.101. The minimum Gasteiger partial charge on any atom is -0.293 e. The zero-order valence-corrected chi connectivity index (χ0v) is 15.6. The molecule has 0 unspecified atom stereocenters. The first-order valence-corrected chi connectivity index (χ1v) is 9.87. The summed E-state index contributed by atoms with van der Waals surface area (Å²) in [6, 6.07) is 8.17. The lowest BCUT2D eigenvalue weighted by atomic mass is 9.83. The highest BCUT2D eigenvalue weighted by Gasteiger charge is 2.29. The third-order valence-corrected chi connectivity index (χ3v) is 5.80. The topological polar surface area (TPSA) is 34.1 Å². The van der Waals surface area contributed by atoms with Gasteiger partial charge in [-0.1, -0.05) is 31.9 Å². The summed E-state index contributed by atoms with van der Waals surface area (Å²) in [7, 11) is 0. The first-order valence-electron chi connectivity index (χ1n) is 7.62. The average molecular weight is 434 g/mol. The van der Waals surface area contributed by atoms with Crippen molar-refractivity contribution < 1.29 is 9.59 Å². The van der Waals surface area contributed by atoms with E-state index >= 15 is 0 Å². The second-order valence-corrected chi connectivity index (χ2v) is 7.25. The molecule has 0 bridgehead atoms. The fourth-order valence-corrected chi connectivity index (χ4v) is 4.45. The molecule has 4 rings (SSSR count). The molecule has 116 valence electrons. The Bertz CT molecular complexity index is 797. The van der Waals surface area contributed by atoms with E-state index in [1.807, 2.05) is 12.1 Å². The van der Waals surface area contributed by atoms with Crippen molar-refractivity contribution in [2.45, 2.75) is 19.3 Å². The molecule has 2 aliphatic rings. The number of carbonyl (C=O) groups excluding carboxylic acids is 2. The molecule has 0 aromatic heterocycles. The van der Waals surface area contributed by atoms with Crippen molar-refractivity contribution in [1.82, 2.24) is 0 Å². The number of ketones is 2. The minimum absolute atomic E-state index is 0.126. The molecule has 2 aromatic rings. The summed E-state index contributed by atoms with van der Waals surface area (Å²) in [5.74, 6) is 0.252. The van der Waals surface area contributed by atoms with Crippen molar-refractivity contribution >= 4 is 43.4 Å². The van der Waals surface area contributed by atoms with Crippen LogP contribution < -0.4 is 0 Å². The summed E-state index contributed by atoms with van der Waals surface area (Å²) in [5.41, 5.74) is 9.22. The average Bonchev–Trinajstić information content (AvgIpc) is 2.96. The zero-order chi connectivity index (χ0) is 16.1. The van der Waals surface area contributed by atoms with E-state index in [4.69, 9.17) is 0 Å². The zero-order valence-electron chi connectivity index (χ0n) is 12.4. The van der Waals surface area contributed by atoms with Crippen molar-refractivity contribution in [3.8, 4) is 11.1 Å². The molecule has 2 nitrogen and oxygen atoms in total. The molecule has 0 saturated carbocycles. The van der Waals surface area contributed by atoms with Gasteiger partial charge in [-0.15, -0.1) is 0 Å². The third-order valence-electron chi connectivity index (χ3n) is 4.78. The summed E-state index contributed by atoms with van der Waals surface area (Å²) >= 11 is 6.52. The van der Waals surface area contributed by atoms with Crippen LogP contribution >= 0.6 is 31.9 Å². The molecular formula is C19H14Br2O2. The lowest BCUT2D eigenvalue weighted by Crippen LogP contribution is -2.09. The standard InChI is InChI=1S/C19H14Br2O2/c20-8-16(22)12-3-10-1-2-11-4-13(17(23)9-21)6-15-7-14(5-12)18(10)19(11)15/h3-6H,1-2,7-9H2. The second kappa shape index (κ2) is 5.67. The number of carbonyl (C=O) groups is 2. The van der Waals surface area contributed by atoms with Crippen molar-refractivity contribution in [3.05, 3.63) is 57.6 Å². The predicted octanol–water partition coefficient (Wildman–Crippen LogP) is 4.51. The summed E-state index contributed by atoms with van der Waals surface area (Å²) in [4.78, 5) is 24.1. The Morgan fingerprint density at radius 2 is 1.13 bits per heavy atom. The quantitative estimate of drug-likeness (QED) is 0.448. The Morgan fingerprint density at radius 3 is 1.52 bits per heavy atom. The minimum atomic E-state index is 0.126. The highest BCUT2D eigenvalue weighted by atomic mass is 79.9. The molecule has 0 aliphatic heterocycles. The van der Waals surface area contributed by atoms with Crippen LogP contribution in [0.25, 0.3) is 11.1 Å². The maximum atomic E-state index is 12.1. The van der Waals surface area contributed by atoms with Crippen LogP contribution in [0.3, 0.4) is 0 Å². The molecule has 0 radical (unpaired) electrons. The molecule has 2 aromatic carbocycles. The Morgan fingerprint density at radius 1 is 0.739 bits per heavy atom. The number of aryl methyl sites for hydroxylation is 2. The van der Waals surface area contributed by atoms with Crippen LogP contribution in [-0.2, 0) is 19.3 Å². The van der Waals surface area contributed by atoms with Gasteiger partial charge in [0.15, 0.2) is 11.6 Å². The van der Waals surface area contributed by atoms with Crippen LogP contribution in [0.5, 0.6) is 0 Å². The van der Waals surface area contributed by atoms with E-state index in [0.29, 0.717) is 10.7 Å². The van der Waals surface area contributed by atoms with Crippen LogP contribution in [0.4, 0.5) is 0 Å². The van der Waals surface area contributed by atoms with Gasteiger partial charge >= 0.3 is 0 Å². The Balaban J connectivity index is 1.90. The first-order chi connectivity index (χ1) is 11.1. The van der Waals surface area contributed by atoms with Gasteiger partial charge in [0.05, 0.1) is 10.7 Å². The molecule has 4 heteroatoms. The van der Waals surface area contributed by atoms with Gasteiger partial charge in [-0.05, 0) is 76.9 Å². The van der Waals surface area contributed by atoms with Crippen molar-refractivity contribution in [3.63, 3.8) is 0 Å². The largest absolute Gasteiger partial charge is 0.293 e. The fraction of sp³-hybridized carbons (Fsp3) is 0.263. The molecule has 2 aliphatic carbocycles.